The smallest absolute Gasteiger partial charge is 0.00990 e. The molecule has 1 saturated carbocycles. The van der Waals surface area contributed by atoms with Gasteiger partial charge >= 0.3 is 0 Å². The van der Waals surface area contributed by atoms with Crippen LogP contribution in [0, 0.1) is 0 Å². The van der Waals surface area contributed by atoms with E-state index < -0.39 is 0 Å². The Bertz CT molecular complexity index is 87.5. The van der Waals surface area contributed by atoms with Crippen molar-refractivity contribution in [2.75, 3.05) is 0 Å². The zero-order chi connectivity index (χ0) is 8.91. The van der Waals surface area contributed by atoms with E-state index in [0.717, 1.165) is 6.04 Å². The predicted molar refractivity (Wildman–Crippen MR) is 51.9 cm³/mol. The molecule has 0 aromatic rings. The molecule has 0 aromatic carbocycles. The predicted octanol–water partition coefficient (Wildman–Crippen LogP) is 2.95. The fourth-order valence-corrected chi connectivity index (χ4v) is 1.16. The Balaban J connectivity index is 0.000000461. The van der Waals surface area contributed by atoms with Gasteiger partial charge in [0.25, 0.3) is 0 Å². The lowest BCUT2D eigenvalue weighted by molar-refractivity contribution is 0.266. The molecule has 1 aliphatic carbocycles. The SMILES string of the molecule is CC.CC(C)(C)NC1CCC1. The quantitative estimate of drug-likeness (QED) is 0.617. The molecule has 0 amide bonds. The Hall–Kier alpha value is -0.0400. The molecule has 0 saturated heterocycles. The van der Waals surface area contributed by atoms with Crippen molar-refractivity contribution in [3.8, 4) is 0 Å². The summed E-state index contributed by atoms with van der Waals surface area (Å²) < 4.78 is 0. The van der Waals surface area contributed by atoms with Gasteiger partial charge in [0, 0.05) is 11.6 Å². The second-order valence-electron chi connectivity index (χ2n) is 4.02. The Labute approximate surface area is 71.6 Å². The summed E-state index contributed by atoms with van der Waals surface area (Å²) >= 11 is 0. The lowest BCUT2D eigenvalue weighted by atomic mass is 9.91. The zero-order valence-electron chi connectivity index (χ0n) is 8.70. The van der Waals surface area contributed by atoms with Crippen LogP contribution >= 0.6 is 0 Å². The van der Waals surface area contributed by atoms with Gasteiger partial charge in [-0.2, -0.15) is 0 Å². The van der Waals surface area contributed by atoms with E-state index in [4.69, 9.17) is 0 Å². The largest absolute Gasteiger partial charge is 0.309 e. The van der Waals surface area contributed by atoms with Gasteiger partial charge in [-0.05, 0) is 33.6 Å². The summed E-state index contributed by atoms with van der Waals surface area (Å²) in [6, 6.07) is 0.824. The van der Waals surface area contributed by atoms with Crippen LogP contribution in [-0.4, -0.2) is 11.6 Å². The minimum Gasteiger partial charge on any atom is -0.309 e. The van der Waals surface area contributed by atoms with E-state index in [-0.39, 0.29) is 0 Å². The minimum atomic E-state index is 0.324. The molecule has 1 nitrogen and oxygen atoms in total. The highest BCUT2D eigenvalue weighted by atomic mass is 15.0. The van der Waals surface area contributed by atoms with Gasteiger partial charge in [0.1, 0.15) is 0 Å². The summed E-state index contributed by atoms with van der Waals surface area (Å²) in [6.45, 7) is 10.7. The molecule has 0 atom stereocenters. The fourth-order valence-electron chi connectivity index (χ4n) is 1.16. The summed E-state index contributed by atoms with van der Waals surface area (Å²) in [5.41, 5.74) is 0.324. The van der Waals surface area contributed by atoms with Gasteiger partial charge in [-0.3, -0.25) is 0 Å². The molecule has 1 rings (SSSR count). The van der Waals surface area contributed by atoms with Crippen molar-refractivity contribution in [2.24, 2.45) is 0 Å². The molecule has 1 heteroatoms. The Morgan fingerprint density at radius 2 is 1.55 bits per heavy atom. The summed E-state index contributed by atoms with van der Waals surface area (Å²) in [4.78, 5) is 0. The van der Waals surface area contributed by atoms with Crippen LogP contribution in [0.5, 0.6) is 0 Å². The van der Waals surface area contributed by atoms with Crippen LogP contribution in [0.1, 0.15) is 53.9 Å². The molecule has 68 valence electrons. The fraction of sp³-hybridized carbons (Fsp3) is 1.00. The first-order valence-corrected chi connectivity index (χ1v) is 4.86. The van der Waals surface area contributed by atoms with Gasteiger partial charge in [-0.25, -0.2) is 0 Å². The second kappa shape index (κ2) is 4.76. The van der Waals surface area contributed by atoms with E-state index in [1.54, 1.807) is 0 Å². The molecule has 11 heavy (non-hydrogen) atoms. The summed E-state index contributed by atoms with van der Waals surface area (Å²) in [5, 5.41) is 3.56. The standard InChI is InChI=1S/C8H17N.C2H6/c1-8(2,3)9-7-5-4-6-7;1-2/h7,9H,4-6H2,1-3H3;1-2H3. The molecular weight excluding hydrogens is 134 g/mol. The molecular formula is C10H23N. The van der Waals surface area contributed by atoms with Gasteiger partial charge < -0.3 is 5.32 Å². The molecule has 0 heterocycles. The van der Waals surface area contributed by atoms with E-state index in [0.29, 0.717) is 5.54 Å². The van der Waals surface area contributed by atoms with Crippen molar-refractivity contribution in [2.45, 2.75) is 65.5 Å². The Morgan fingerprint density at radius 1 is 1.09 bits per heavy atom. The molecule has 0 aliphatic heterocycles. The van der Waals surface area contributed by atoms with Crippen molar-refractivity contribution >= 4 is 0 Å². The van der Waals surface area contributed by atoms with Gasteiger partial charge in [-0.1, -0.05) is 20.3 Å². The van der Waals surface area contributed by atoms with Crippen LogP contribution in [0.25, 0.3) is 0 Å². The molecule has 0 spiro atoms. The summed E-state index contributed by atoms with van der Waals surface area (Å²) in [5.74, 6) is 0. The molecule has 1 N–H and O–H groups in total. The first-order valence-electron chi connectivity index (χ1n) is 4.86. The van der Waals surface area contributed by atoms with Gasteiger partial charge in [0.2, 0.25) is 0 Å². The first kappa shape index (κ1) is 11.0. The van der Waals surface area contributed by atoms with Crippen molar-refractivity contribution in [1.29, 1.82) is 0 Å². The van der Waals surface area contributed by atoms with Gasteiger partial charge in [0.15, 0.2) is 0 Å². The maximum Gasteiger partial charge on any atom is 0.00990 e. The van der Waals surface area contributed by atoms with Crippen LogP contribution in [0.2, 0.25) is 0 Å². The normalized spacial score (nSPS) is 18.3. The van der Waals surface area contributed by atoms with Crippen LogP contribution in [0.4, 0.5) is 0 Å². The lowest BCUT2D eigenvalue weighted by Crippen LogP contribution is -2.46. The number of nitrogens with one attached hydrogen (secondary N) is 1. The average Bonchev–Trinajstić information content (AvgIpc) is 1.83. The lowest BCUT2D eigenvalue weighted by Gasteiger charge is -2.34. The maximum atomic E-state index is 3.56. The van der Waals surface area contributed by atoms with Crippen LogP contribution < -0.4 is 5.32 Å². The Kier molecular flexibility index (Phi) is 4.74. The minimum absolute atomic E-state index is 0.324. The highest BCUT2D eigenvalue weighted by molar-refractivity contribution is 4.83. The highest BCUT2D eigenvalue weighted by Crippen LogP contribution is 2.20. The van der Waals surface area contributed by atoms with Crippen LogP contribution in [0.3, 0.4) is 0 Å². The first-order chi connectivity index (χ1) is 5.08. The van der Waals surface area contributed by atoms with Crippen molar-refractivity contribution in [1.82, 2.24) is 5.32 Å². The molecule has 0 bridgehead atoms. The van der Waals surface area contributed by atoms with Crippen molar-refractivity contribution in [3.63, 3.8) is 0 Å². The van der Waals surface area contributed by atoms with Crippen LogP contribution in [-0.2, 0) is 0 Å². The zero-order valence-corrected chi connectivity index (χ0v) is 8.70. The van der Waals surface area contributed by atoms with Gasteiger partial charge in [-0.15, -0.1) is 0 Å². The third-order valence-corrected chi connectivity index (χ3v) is 1.74. The average molecular weight is 157 g/mol. The third kappa shape index (κ3) is 5.25. The van der Waals surface area contributed by atoms with Crippen LogP contribution in [0.15, 0.2) is 0 Å². The van der Waals surface area contributed by atoms with E-state index in [1.165, 1.54) is 19.3 Å². The summed E-state index contributed by atoms with van der Waals surface area (Å²) in [6.07, 6.45) is 4.20. The molecule has 0 aromatic heterocycles. The summed E-state index contributed by atoms with van der Waals surface area (Å²) in [7, 11) is 0. The number of hydrogen-bond donors (Lipinski definition) is 1. The molecule has 0 unspecified atom stereocenters. The molecule has 1 aliphatic rings. The maximum absolute atomic E-state index is 3.56. The van der Waals surface area contributed by atoms with E-state index >= 15 is 0 Å². The van der Waals surface area contributed by atoms with Gasteiger partial charge in [0.05, 0.1) is 0 Å². The highest BCUT2D eigenvalue weighted by Gasteiger charge is 2.21. The molecule has 0 radical (unpaired) electrons. The molecule has 1 fully saturated rings. The Morgan fingerprint density at radius 3 is 1.64 bits per heavy atom. The topological polar surface area (TPSA) is 12.0 Å². The second-order valence-corrected chi connectivity index (χ2v) is 4.02. The van der Waals surface area contributed by atoms with E-state index in [1.807, 2.05) is 13.8 Å². The monoisotopic (exact) mass is 157 g/mol. The van der Waals surface area contributed by atoms with E-state index in [2.05, 4.69) is 26.1 Å². The van der Waals surface area contributed by atoms with E-state index in [9.17, 15) is 0 Å². The van der Waals surface area contributed by atoms with Crippen molar-refractivity contribution < 1.29 is 0 Å². The van der Waals surface area contributed by atoms with Crippen molar-refractivity contribution in [3.05, 3.63) is 0 Å². The third-order valence-electron chi connectivity index (χ3n) is 1.74. The number of hydrogen-bond acceptors (Lipinski definition) is 1. The number of rotatable bonds is 1.